The van der Waals surface area contributed by atoms with Crippen LogP contribution in [-0.4, -0.2) is 18.3 Å². The zero-order chi connectivity index (χ0) is 96.7. The molecule has 0 unspecified atom stereocenters. The van der Waals surface area contributed by atoms with Crippen molar-refractivity contribution in [3.63, 3.8) is 0 Å². The van der Waals surface area contributed by atoms with E-state index in [1.807, 2.05) is 12.1 Å². The van der Waals surface area contributed by atoms with Gasteiger partial charge in [0.05, 0.1) is 44.1 Å². The van der Waals surface area contributed by atoms with Gasteiger partial charge in [0.1, 0.15) is 22.3 Å². The van der Waals surface area contributed by atoms with Crippen LogP contribution in [0.5, 0.6) is 0 Å². The second kappa shape index (κ2) is 32.9. The highest BCUT2D eigenvalue weighted by molar-refractivity contribution is 6.15. The monoisotopic (exact) mass is 1870 g/mol. The zero-order valence-corrected chi connectivity index (χ0v) is 80.8. The molecule has 0 spiro atoms. The van der Waals surface area contributed by atoms with E-state index >= 15 is 0 Å². The van der Waals surface area contributed by atoms with Gasteiger partial charge < -0.3 is 36.9 Å². The summed E-state index contributed by atoms with van der Waals surface area (Å²) in [5.74, 6) is 0. The molecule has 0 saturated heterocycles. The Morgan fingerprint density at radius 2 is 0.384 bits per heavy atom. The normalized spacial score (nSPS) is 12.9. The SMILES string of the molecule is CC1(C)c2cc(-c3ccc4c(c3)c3ccccc3n4-c3ccccc3)ccc2-c2ccc(N(c3ccc(-c4ccc(-n5c6ccccc6c6ccccc65)cc4)cc3)c3ccc4oc5ccccc5c4c3)cc21.CC1(C)c2cc(-c3ccc4c(c3)c3ccccc3n4-c3ccccc3)ccc2-c2ccc(N(c3ccc(-c4ccc(-n5c6ccccc6c6ccccc65)cc4)cc3)c3ccc4oc5ccccc5c4c3)cc21. The quantitative estimate of drug-likeness (QED) is 0.109. The Morgan fingerprint density at radius 1 is 0.158 bits per heavy atom. The number of nitrogens with zero attached hydrogens (tertiary/aromatic N) is 6. The average molecular weight is 1870 g/mol. The maximum Gasteiger partial charge on any atom is 0.135 e. The second-order valence-electron chi connectivity index (χ2n) is 40.2. The third-order valence-corrected chi connectivity index (χ3v) is 31.4. The van der Waals surface area contributed by atoms with Gasteiger partial charge in [-0.2, -0.15) is 0 Å². The van der Waals surface area contributed by atoms with Crippen LogP contribution in [0, 0.1) is 0 Å². The molecule has 28 aromatic rings. The standard InChI is InChI=1S/2C69H47N3O/c2*1-69(2)61-41-47(46-29-38-66-59(40-46)57-18-8-12-22-65(57)71(66)48-14-4-3-5-15-48)28-36-53(61)54-37-34-52(43-62(54)69)70(51-35-39-68-60(42-51)58-19-9-13-23-67(58)73-68)49-30-24-44(25-31-49)45-26-32-50(33-27-45)72-63-20-10-6-16-55(63)56-17-7-11-21-64(56)72/h2*3-43H,1-2H3. The molecule has 146 heavy (non-hydrogen) atoms. The van der Waals surface area contributed by atoms with E-state index in [9.17, 15) is 0 Å². The largest absolute Gasteiger partial charge is 0.456 e. The molecule has 8 heteroatoms. The topological polar surface area (TPSA) is 52.5 Å². The molecule has 688 valence electrons. The van der Waals surface area contributed by atoms with Crippen molar-refractivity contribution in [3.05, 3.63) is 520 Å². The van der Waals surface area contributed by atoms with Crippen LogP contribution >= 0.6 is 0 Å². The van der Waals surface area contributed by atoms with Crippen LogP contribution in [0.25, 0.3) is 221 Å². The Labute approximate surface area is 843 Å². The Bertz CT molecular complexity index is 9500. The number of aromatic nitrogens is 4. The fourth-order valence-electron chi connectivity index (χ4n) is 24.3. The highest BCUT2D eigenvalue weighted by Gasteiger charge is 2.39. The van der Waals surface area contributed by atoms with Crippen LogP contribution < -0.4 is 9.80 Å². The molecule has 6 heterocycles. The molecule has 8 nitrogen and oxygen atoms in total. The van der Waals surface area contributed by atoms with Gasteiger partial charge in [-0.15, -0.1) is 0 Å². The molecule has 30 rings (SSSR count). The number of benzene rings is 22. The van der Waals surface area contributed by atoms with Crippen LogP contribution in [-0.2, 0) is 10.8 Å². The molecule has 6 aromatic heterocycles. The molecule has 0 atom stereocenters. The van der Waals surface area contributed by atoms with Crippen LogP contribution in [0.1, 0.15) is 49.9 Å². The number of hydrogen-bond donors (Lipinski definition) is 0. The number of para-hydroxylation sites is 10. The van der Waals surface area contributed by atoms with Crippen molar-refractivity contribution < 1.29 is 8.83 Å². The van der Waals surface area contributed by atoms with Crippen molar-refractivity contribution in [2.24, 2.45) is 0 Å². The van der Waals surface area contributed by atoms with E-state index in [-0.39, 0.29) is 10.8 Å². The van der Waals surface area contributed by atoms with E-state index in [0.29, 0.717) is 0 Å². The highest BCUT2D eigenvalue weighted by atomic mass is 16.3. The van der Waals surface area contributed by atoms with E-state index in [4.69, 9.17) is 8.83 Å². The lowest BCUT2D eigenvalue weighted by atomic mass is 9.81. The summed E-state index contributed by atoms with van der Waals surface area (Å²) in [6, 6.07) is 182. The van der Waals surface area contributed by atoms with Gasteiger partial charge in [-0.3, -0.25) is 0 Å². The summed E-state index contributed by atoms with van der Waals surface area (Å²) in [6.45, 7) is 9.54. The van der Waals surface area contributed by atoms with E-state index < -0.39 is 0 Å². The van der Waals surface area contributed by atoms with Crippen LogP contribution in [0.15, 0.2) is 506 Å². The van der Waals surface area contributed by atoms with Crippen molar-refractivity contribution >= 4 is 165 Å². The van der Waals surface area contributed by atoms with Crippen molar-refractivity contribution in [3.8, 4) is 89.5 Å². The summed E-state index contributed by atoms with van der Waals surface area (Å²) in [7, 11) is 0. The molecule has 2 aliphatic rings. The smallest absolute Gasteiger partial charge is 0.135 e. The van der Waals surface area contributed by atoms with E-state index in [0.717, 1.165) is 101 Å². The van der Waals surface area contributed by atoms with E-state index in [1.165, 1.54) is 176 Å². The van der Waals surface area contributed by atoms with Gasteiger partial charge in [-0.25, -0.2) is 0 Å². The Hall–Kier alpha value is -18.8. The molecular formula is C138H94N6O2. The van der Waals surface area contributed by atoms with Gasteiger partial charge in [-0.05, 0) is 307 Å². The Kier molecular flexibility index (Phi) is 19.0. The van der Waals surface area contributed by atoms with Crippen molar-refractivity contribution in [2.45, 2.75) is 38.5 Å². The molecule has 2 aliphatic carbocycles. The first-order valence-electron chi connectivity index (χ1n) is 50.5. The van der Waals surface area contributed by atoms with Gasteiger partial charge in [-0.1, -0.05) is 307 Å². The second-order valence-corrected chi connectivity index (χ2v) is 40.2. The number of fused-ring (bicyclic) bond motifs is 24. The summed E-state index contributed by atoms with van der Waals surface area (Å²) >= 11 is 0. The Morgan fingerprint density at radius 3 is 0.726 bits per heavy atom. The predicted octanol–water partition coefficient (Wildman–Crippen LogP) is 37.8. The highest BCUT2D eigenvalue weighted by Crippen LogP contribution is 2.56. The molecular weight excluding hydrogens is 1770 g/mol. The lowest BCUT2D eigenvalue weighted by molar-refractivity contribution is 0.660. The van der Waals surface area contributed by atoms with E-state index in [1.54, 1.807) is 0 Å². The van der Waals surface area contributed by atoms with Gasteiger partial charge >= 0.3 is 0 Å². The first-order chi connectivity index (χ1) is 71.9. The summed E-state index contributed by atoms with van der Waals surface area (Å²) in [5.41, 5.74) is 43.9. The fraction of sp³-hybridized carbons (Fsp3) is 0.0435. The number of furan rings is 2. The van der Waals surface area contributed by atoms with Gasteiger partial charge in [0, 0.05) is 132 Å². The van der Waals surface area contributed by atoms with Gasteiger partial charge in [0.15, 0.2) is 0 Å². The van der Waals surface area contributed by atoms with Crippen LogP contribution in [0.3, 0.4) is 0 Å². The molecule has 0 amide bonds. The van der Waals surface area contributed by atoms with Gasteiger partial charge in [0.25, 0.3) is 0 Å². The fourth-order valence-corrected chi connectivity index (χ4v) is 24.3. The molecule has 0 bridgehead atoms. The van der Waals surface area contributed by atoms with Crippen molar-refractivity contribution in [1.82, 2.24) is 18.3 Å². The van der Waals surface area contributed by atoms with Crippen molar-refractivity contribution in [2.75, 3.05) is 9.80 Å². The Balaban J connectivity index is 0.000000138. The summed E-state index contributed by atoms with van der Waals surface area (Å²) in [6.07, 6.45) is 0. The number of anilines is 6. The minimum Gasteiger partial charge on any atom is -0.456 e. The summed E-state index contributed by atoms with van der Waals surface area (Å²) in [5, 5.41) is 14.5. The molecule has 0 aliphatic heterocycles. The number of rotatable bonds is 14. The third kappa shape index (κ3) is 13.3. The molecule has 0 radical (unpaired) electrons. The lowest BCUT2D eigenvalue weighted by Crippen LogP contribution is -2.16. The summed E-state index contributed by atoms with van der Waals surface area (Å²) in [4.78, 5) is 4.81. The average Bonchev–Trinajstić information content (AvgIpc) is 1.55. The van der Waals surface area contributed by atoms with Crippen LogP contribution in [0.2, 0.25) is 0 Å². The minimum atomic E-state index is -0.254. The van der Waals surface area contributed by atoms with Gasteiger partial charge in [0.2, 0.25) is 0 Å². The van der Waals surface area contributed by atoms with Crippen molar-refractivity contribution in [1.29, 1.82) is 0 Å². The predicted molar refractivity (Wildman–Crippen MR) is 611 cm³/mol. The first-order valence-corrected chi connectivity index (χ1v) is 50.5. The maximum absolute atomic E-state index is 6.34. The molecule has 0 fully saturated rings. The number of hydrogen-bond acceptors (Lipinski definition) is 4. The lowest BCUT2D eigenvalue weighted by Gasteiger charge is -2.28. The molecule has 0 saturated carbocycles. The molecule has 22 aromatic carbocycles. The zero-order valence-electron chi connectivity index (χ0n) is 80.8. The summed E-state index contributed by atoms with van der Waals surface area (Å²) < 4.78 is 22.2. The first kappa shape index (κ1) is 84.1. The van der Waals surface area contributed by atoms with E-state index in [2.05, 4.69) is 541 Å². The maximum atomic E-state index is 6.34. The third-order valence-electron chi connectivity index (χ3n) is 31.4. The minimum absolute atomic E-state index is 0.254. The van der Waals surface area contributed by atoms with Crippen LogP contribution in [0.4, 0.5) is 34.1 Å². The molecule has 0 N–H and O–H groups in total.